The number of ketones is 1. The first-order valence-electron chi connectivity index (χ1n) is 11.0. The van der Waals surface area contributed by atoms with Crippen LogP contribution in [0.4, 0.5) is 10.5 Å². The summed E-state index contributed by atoms with van der Waals surface area (Å²) in [6, 6.07) is 9.49. The van der Waals surface area contributed by atoms with Crippen molar-refractivity contribution in [2.75, 3.05) is 25.0 Å². The van der Waals surface area contributed by atoms with Crippen LogP contribution < -0.4 is 5.32 Å². The van der Waals surface area contributed by atoms with Gasteiger partial charge in [0.15, 0.2) is 5.78 Å². The number of aromatic nitrogens is 1. The van der Waals surface area contributed by atoms with Crippen LogP contribution in [0, 0.1) is 0 Å². The summed E-state index contributed by atoms with van der Waals surface area (Å²) in [5, 5.41) is 2.85. The topological polar surface area (TPSA) is 103 Å². The largest absolute Gasteiger partial charge is 0.337 e. The molecule has 2 aliphatic heterocycles. The number of rotatable bonds is 5. The molecule has 1 aromatic carbocycles. The zero-order valence-electron chi connectivity index (χ0n) is 18.7. The molecule has 2 fully saturated rings. The van der Waals surface area contributed by atoms with E-state index in [0.717, 1.165) is 5.56 Å². The zero-order valence-corrected chi connectivity index (χ0v) is 18.7. The molecule has 1 aromatic heterocycles. The first kappa shape index (κ1) is 22.4. The van der Waals surface area contributed by atoms with Crippen molar-refractivity contribution in [3.63, 3.8) is 0 Å². The standard InChI is InChI=1S/C24H27N5O4/c1-16-23(32)27(12-9-18-4-3-11-25-14-18)15-21-28(13-10-22(31)29(16)21)24(33)26-20-7-5-19(6-8-20)17(2)30/h3-8,11,14,16,21H,9-10,12-13,15H2,1-2H3,(H,26,33)/t16-,21+/m0/s1. The van der Waals surface area contributed by atoms with Gasteiger partial charge in [-0.05, 0) is 56.2 Å². The number of amides is 4. The van der Waals surface area contributed by atoms with Gasteiger partial charge >= 0.3 is 6.03 Å². The second kappa shape index (κ2) is 9.40. The van der Waals surface area contributed by atoms with Crippen LogP contribution in [-0.2, 0) is 16.0 Å². The minimum absolute atomic E-state index is 0.0507. The van der Waals surface area contributed by atoms with Gasteiger partial charge in [0.05, 0.1) is 6.54 Å². The lowest BCUT2D eigenvalue weighted by Crippen LogP contribution is -2.71. The molecule has 2 saturated heterocycles. The maximum Gasteiger partial charge on any atom is 0.323 e. The molecule has 172 valence electrons. The molecule has 9 nitrogen and oxygen atoms in total. The van der Waals surface area contributed by atoms with Gasteiger partial charge in [0, 0.05) is 43.2 Å². The van der Waals surface area contributed by atoms with E-state index in [1.807, 2.05) is 12.1 Å². The van der Waals surface area contributed by atoms with Gasteiger partial charge in [-0.15, -0.1) is 0 Å². The predicted molar refractivity (Wildman–Crippen MR) is 121 cm³/mol. The highest BCUT2D eigenvalue weighted by atomic mass is 16.2. The molecular weight excluding hydrogens is 422 g/mol. The maximum atomic E-state index is 13.1. The number of fused-ring (bicyclic) bond motifs is 1. The van der Waals surface area contributed by atoms with Gasteiger partial charge in [-0.1, -0.05) is 6.07 Å². The van der Waals surface area contributed by atoms with Crippen LogP contribution >= 0.6 is 0 Å². The fourth-order valence-corrected chi connectivity index (χ4v) is 4.37. The molecule has 1 N–H and O–H groups in total. The molecule has 0 aliphatic carbocycles. The molecule has 2 aliphatic rings. The zero-order chi connectivity index (χ0) is 23.5. The Morgan fingerprint density at radius 1 is 1.15 bits per heavy atom. The number of hydrogen-bond donors (Lipinski definition) is 1. The monoisotopic (exact) mass is 449 g/mol. The van der Waals surface area contributed by atoms with Gasteiger partial charge in [0.1, 0.15) is 12.2 Å². The second-order valence-corrected chi connectivity index (χ2v) is 8.36. The fraction of sp³-hybridized carbons (Fsp3) is 0.375. The van der Waals surface area contributed by atoms with E-state index >= 15 is 0 Å². The molecule has 9 heteroatoms. The number of nitrogens with one attached hydrogen (secondary N) is 1. The van der Waals surface area contributed by atoms with E-state index in [1.165, 1.54) is 11.8 Å². The number of benzene rings is 1. The molecule has 3 heterocycles. The molecule has 2 aromatic rings. The highest BCUT2D eigenvalue weighted by Gasteiger charge is 2.46. The minimum atomic E-state index is -0.643. The minimum Gasteiger partial charge on any atom is -0.337 e. The lowest BCUT2D eigenvalue weighted by atomic mass is 10.0. The van der Waals surface area contributed by atoms with Crippen molar-refractivity contribution in [3.05, 3.63) is 59.9 Å². The van der Waals surface area contributed by atoms with Gasteiger partial charge in [0.2, 0.25) is 11.8 Å². The van der Waals surface area contributed by atoms with Gasteiger partial charge in [-0.25, -0.2) is 4.79 Å². The molecule has 0 saturated carbocycles. The van der Waals surface area contributed by atoms with Gasteiger partial charge in [-0.3, -0.25) is 19.4 Å². The van der Waals surface area contributed by atoms with Crippen LogP contribution in [0.2, 0.25) is 0 Å². The third-order valence-corrected chi connectivity index (χ3v) is 6.20. The number of anilines is 1. The summed E-state index contributed by atoms with van der Waals surface area (Å²) in [5.41, 5.74) is 2.14. The van der Waals surface area contributed by atoms with Crippen molar-refractivity contribution < 1.29 is 19.2 Å². The molecule has 0 bridgehead atoms. The second-order valence-electron chi connectivity index (χ2n) is 8.36. The molecule has 0 spiro atoms. The summed E-state index contributed by atoms with van der Waals surface area (Å²) < 4.78 is 0. The Morgan fingerprint density at radius 3 is 2.58 bits per heavy atom. The van der Waals surface area contributed by atoms with E-state index in [9.17, 15) is 19.2 Å². The van der Waals surface area contributed by atoms with E-state index in [-0.39, 0.29) is 43.1 Å². The number of hydrogen-bond acceptors (Lipinski definition) is 5. The summed E-state index contributed by atoms with van der Waals surface area (Å²) in [6.45, 7) is 4.21. The molecule has 33 heavy (non-hydrogen) atoms. The van der Waals surface area contributed by atoms with Crippen molar-refractivity contribution in [1.29, 1.82) is 0 Å². The van der Waals surface area contributed by atoms with Crippen LogP contribution in [0.1, 0.15) is 36.2 Å². The number of carbonyl (C=O) groups excluding carboxylic acids is 4. The van der Waals surface area contributed by atoms with Crippen molar-refractivity contribution in [3.8, 4) is 0 Å². The van der Waals surface area contributed by atoms with Crippen LogP contribution in [0.15, 0.2) is 48.8 Å². The summed E-state index contributed by atoms with van der Waals surface area (Å²) >= 11 is 0. The number of urea groups is 1. The Bertz CT molecular complexity index is 1060. The Hall–Kier alpha value is -3.75. The van der Waals surface area contributed by atoms with E-state index in [4.69, 9.17) is 0 Å². The van der Waals surface area contributed by atoms with E-state index in [2.05, 4.69) is 10.3 Å². The van der Waals surface area contributed by atoms with Crippen molar-refractivity contribution in [2.24, 2.45) is 0 Å². The fourth-order valence-electron chi connectivity index (χ4n) is 4.37. The van der Waals surface area contributed by atoms with E-state index in [0.29, 0.717) is 24.2 Å². The van der Waals surface area contributed by atoms with Crippen LogP contribution in [0.5, 0.6) is 0 Å². The number of nitrogens with zero attached hydrogens (tertiary/aromatic N) is 4. The van der Waals surface area contributed by atoms with E-state index < -0.39 is 12.2 Å². The van der Waals surface area contributed by atoms with Crippen molar-refractivity contribution >= 4 is 29.3 Å². The highest BCUT2D eigenvalue weighted by molar-refractivity contribution is 5.96. The Balaban J connectivity index is 1.49. The molecule has 2 atom stereocenters. The molecular formula is C24H27N5O4. The van der Waals surface area contributed by atoms with E-state index in [1.54, 1.807) is 53.4 Å². The average Bonchev–Trinajstić information content (AvgIpc) is 2.81. The number of Topliss-reactive ketones (excluding diaryl/α,β-unsaturated/α-hetero) is 1. The molecule has 0 unspecified atom stereocenters. The molecule has 4 amide bonds. The van der Waals surface area contributed by atoms with Crippen LogP contribution in [0.3, 0.4) is 0 Å². The summed E-state index contributed by atoms with van der Waals surface area (Å²) in [6.07, 6.45) is 3.74. The number of piperazine rings is 1. The first-order chi connectivity index (χ1) is 15.8. The van der Waals surface area contributed by atoms with Gasteiger partial charge in [0.25, 0.3) is 0 Å². The summed E-state index contributed by atoms with van der Waals surface area (Å²) in [5.74, 6) is -0.293. The molecule has 0 radical (unpaired) electrons. The first-order valence-corrected chi connectivity index (χ1v) is 11.0. The Labute approximate surface area is 192 Å². The van der Waals surface area contributed by atoms with Crippen LogP contribution in [-0.4, -0.2) is 75.2 Å². The lowest BCUT2D eigenvalue weighted by Gasteiger charge is -2.51. The highest BCUT2D eigenvalue weighted by Crippen LogP contribution is 2.26. The third kappa shape index (κ3) is 4.72. The normalized spacial score (nSPS) is 20.5. The lowest BCUT2D eigenvalue weighted by molar-refractivity contribution is -0.165. The SMILES string of the molecule is CC(=O)c1ccc(NC(=O)N2CCC(=O)N3[C@@H]2CN(CCc2cccnc2)C(=O)[C@@H]3C)cc1. The Kier molecular flexibility index (Phi) is 6.39. The van der Waals surface area contributed by atoms with Gasteiger partial charge in [-0.2, -0.15) is 0 Å². The smallest absolute Gasteiger partial charge is 0.323 e. The van der Waals surface area contributed by atoms with Crippen LogP contribution in [0.25, 0.3) is 0 Å². The average molecular weight is 450 g/mol. The van der Waals surface area contributed by atoms with Crippen molar-refractivity contribution in [1.82, 2.24) is 19.7 Å². The number of pyridine rings is 1. The number of carbonyl (C=O) groups is 4. The predicted octanol–water partition coefficient (Wildman–Crippen LogP) is 2.15. The molecule has 4 rings (SSSR count). The Morgan fingerprint density at radius 2 is 1.91 bits per heavy atom. The third-order valence-electron chi connectivity index (χ3n) is 6.20. The van der Waals surface area contributed by atoms with Gasteiger partial charge < -0.3 is 20.0 Å². The summed E-state index contributed by atoms with van der Waals surface area (Å²) in [4.78, 5) is 59.2. The van der Waals surface area contributed by atoms with Crippen molar-refractivity contribution in [2.45, 2.75) is 38.9 Å². The summed E-state index contributed by atoms with van der Waals surface area (Å²) in [7, 11) is 0. The quantitative estimate of drug-likeness (QED) is 0.705. The maximum absolute atomic E-state index is 13.1.